The fourth-order valence-electron chi connectivity index (χ4n) is 5.88. The van der Waals surface area contributed by atoms with Gasteiger partial charge in [0.25, 0.3) is 5.91 Å². The number of nitrogens with one attached hydrogen (secondary N) is 3. The molecule has 5 atom stereocenters. The Morgan fingerprint density at radius 3 is 2.20 bits per heavy atom. The molecule has 2 aliphatic rings. The van der Waals surface area contributed by atoms with Crippen LogP contribution in [0, 0.1) is 5.92 Å². The monoisotopic (exact) mass is 714 g/mol. The van der Waals surface area contributed by atoms with Crippen molar-refractivity contribution in [3.63, 3.8) is 0 Å². The first kappa shape index (κ1) is 38.5. The molecular formula is C35H47N4O10P. The molecule has 14 nitrogen and oxygen atoms in total. The van der Waals surface area contributed by atoms with Crippen LogP contribution in [0.5, 0.6) is 0 Å². The number of carbonyl (C=O) groups excluding carboxylic acids is 4. The van der Waals surface area contributed by atoms with Gasteiger partial charge in [0.15, 0.2) is 0 Å². The third kappa shape index (κ3) is 11.4. The van der Waals surface area contributed by atoms with Gasteiger partial charge in [-0.2, -0.15) is 0 Å². The van der Waals surface area contributed by atoms with Crippen LogP contribution < -0.4 is 16.0 Å². The van der Waals surface area contributed by atoms with Crippen LogP contribution in [0.4, 0.5) is 4.79 Å². The molecule has 0 radical (unpaired) electrons. The molecule has 2 fully saturated rings. The number of rotatable bonds is 18. The van der Waals surface area contributed by atoms with E-state index in [1.165, 1.54) is 6.92 Å². The van der Waals surface area contributed by atoms with Gasteiger partial charge in [-0.3, -0.25) is 23.5 Å². The molecule has 4 rings (SSSR count). The van der Waals surface area contributed by atoms with Gasteiger partial charge in [0, 0.05) is 25.4 Å². The lowest BCUT2D eigenvalue weighted by Gasteiger charge is -2.31. The lowest BCUT2D eigenvalue weighted by molar-refractivity contribution is -0.151. The minimum atomic E-state index is -4.78. The summed E-state index contributed by atoms with van der Waals surface area (Å²) in [5.74, 6) is -4.59. The van der Waals surface area contributed by atoms with Gasteiger partial charge >= 0.3 is 19.7 Å². The summed E-state index contributed by atoms with van der Waals surface area (Å²) < 4.78 is 24.5. The molecule has 0 spiro atoms. The molecule has 50 heavy (non-hydrogen) atoms. The summed E-state index contributed by atoms with van der Waals surface area (Å²) in [7, 11) is -4.78. The molecule has 1 saturated heterocycles. The number of ether oxygens (including phenoxy) is 1. The van der Waals surface area contributed by atoms with E-state index in [2.05, 4.69) is 16.0 Å². The van der Waals surface area contributed by atoms with Crippen molar-refractivity contribution in [2.75, 3.05) is 13.1 Å². The maximum Gasteiger partial charge on any atom is 0.407 e. The summed E-state index contributed by atoms with van der Waals surface area (Å²) in [4.78, 5) is 75.9. The predicted molar refractivity (Wildman–Crippen MR) is 183 cm³/mol. The van der Waals surface area contributed by atoms with Crippen LogP contribution in [0.15, 0.2) is 60.7 Å². The molecule has 5 N–H and O–H groups in total. The number of carboxylic acids is 1. The number of nitrogens with zero attached hydrogens (tertiary/aromatic N) is 1. The van der Waals surface area contributed by atoms with Crippen LogP contribution in [0.2, 0.25) is 0 Å². The second kappa shape index (κ2) is 18.7. The van der Waals surface area contributed by atoms with Crippen molar-refractivity contribution in [1.29, 1.82) is 0 Å². The van der Waals surface area contributed by atoms with Gasteiger partial charge in [0.2, 0.25) is 11.8 Å². The molecule has 1 saturated carbocycles. The van der Waals surface area contributed by atoms with E-state index >= 15 is 0 Å². The normalized spacial score (nSPS) is 18.8. The fourth-order valence-corrected chi connectivity index (χ4v) is 7.30. The Bertz CT molecular complexity index is 1510. The molecule has 1 heterocycles. The number of alkyl carbamates (subject to hydrolysis) is 1. The molecule has 1 aliphatic carbocycles. The Balaban J connectivity index is 1.39. The summed E-state index contributed by atoms with van der Waals surface area (Å²) in [5, 5.41) is 17.6. The van der Waals surface area contributed by atoms with E-state index in [0.29, 0.717) is 37.7 Å². The van der Waals surface area contributed by atoms with Gasteiger partial charge in [0.05, 0.1) is 0 Å². The molecule has 1 aliphatic heterocycles. The smallest absolute Gasteiger partial charge is 0.407 e. The molecule has 15 heteroatoms. The second-order valence-corrected chi connectivity index (χ2v) is 14.7. The number of aliphatic carboxylic acids is 1. The summed E-state index contributed by atoms with van der Waals surface area (Å²) in [6, 6.07) is 15.8. The number of unbranched alkanes of at least 4 members (excludes halogenated alkanes) is 1. The number of carboxylic acid groups (broad SMARTS) is 1. The van der Waals surface area contributed by atoms with Crippen LogP contribution in [-0.2, 0) is 46.0 Å². The quantitative estimate of drug-likeness (QED) is 0.112. The van der Waals surface area contributed by atoms with Crippen molar-refractivity contribution in [2.45, 2.75) is 95.3 Å². The Labute approximate surface area is 291 Å². The zero-order chi connectivity index (χ0) is 36.1. The van der Waals surface area contributed by atoms with E-state index in [1.54, 1.807) is 30.3 Å². The van der Waals surface area contributed by atoms with Crippen LogP contribution >= 0.6 is 7.60 Å². The lowest BCUT2D eigenvalue weighted by Crippen LogP contribution is -2.52. The molecule has 2 unspecified atom stereocenters. The molecule has 2 aromatic rings. The highest BCUT2D eigenvalue weighted by molar-refractivity contribution is 7.53. The Morgan fingerprint density at radius 2 is 1.58 bits per heavy atom. The summed E-state index contributed by atoms with van der Waals surface area (Å²) >= 11 is 0. The van der Waals surface area contributed by atoms with E-state index in [1.807, 2.05) is 30.3 Å². The predicted octanol–water partition coefficient (Wildman–Crippen LogP) is 3.72. The highest BCUT2D eigenvalue weighted by atomic mass is 31.2. The zero-order valence-electron chi connectivity index (χ0n) is 28.2. The number of benzene rings is 2. The average molecular weight is 715 g/mol. The maximum absolute atomic E-state index is 13.8. The fraction of sp³-hybridized carbons (Fsp3) is 0.514. The highest BCUT2D eigenvalue weighted by Crippen LogP contribution is 2.49. The largest absolute Gasteiger partial charge is 0.480 e. The Hall–Kier alpha value is -4.26. The first-order chi connectivity index (χ1) is 23.9. The third-order valence-corrected chi connectivity index (χ3v) is 10.7. The van der Waals surface area contributed by atoms with Gasteiger partial charge in [0.1, 0.15) is 30.6 Å². The number of likely N-dealkylation sites (tertiary alicyclic amines) is 1. The topological polar surface area (TPSA) is 201 Å². The standard InChI is InChI=1S/C35H47N4O10P/c1-24(33(42)39-21-11-19-29(39)34(43)44)49-50(46,47)30(22-25-12-4-2-5-13-25)38-32(41)28(37-31(40)27-16-10-17-27)18-8-9-20-36-35(45)48-23-26-14-6-3-7-15-26/h2-7,12-15,24,27-30H,8-11,16-23H2,1H3,(H,36,45)(H,37,40)(H,38,41)(H,43,44)(H,46,47)/t24-,28-,29-,30?/m0/s1. The Kier molecular flexibility index (Phi) is 14.4. The SMILES string of the molecule is C[C@H](OP(=O)(O)C(Cc1ccccc1)NC(=O)[C@H](CCCCNC(=O)OCc1ccccc1)NC(=O)C1CCC1)C(=O)N1CCC[C@H]1C(=O)O. The van der Waals surface area contributed by atoms with Crippen molar-refractivity contribution >= 4 is 37.4 Å². The molecular weight excluding hydrogens is 667 g/mol. The summed E-state index contributed by atoms with van der Waals surface area (Å²) in [6.07, 6.45) is 1.95. The van der Waals surface area contributed by atoms with Crippen molar-refractivity contribution < 1.29 is 47.8 Å². The zero-order valence-corrected chi connectivity index (χ0v) is 29.1. The van der Waals surface area contributed by atoms with E-state index in [4.69, 9.17) is 9.26 Å². The Morgan fingerprint density at radius 1 is 0.920 bits per heavy atom. The van der Waals surface area contributed by atoms with Gasteiger partial charge in [-0.05, 0) is 63.0 Å². The van der Waals surface area contributed by atoms with Crippen molar-refractivity contribution in [2.24, 2.45) is 5.92 Å². The second-order valence-electron chi connectivity index (χ2n) is 12.7. The van der Waals surface area contributed by atoms with Gasteiger partial charge in [-0.1, -0.05) is 67.1 Å². The van der Waals surface area contributed by atoms with Crippen LogP contribution in [0.1, 0.15) is 69.4 Å². The van der Waals surface area contributed by atoms with Gasteiger partial charge in [-0.15, -0.1) is 0 Å². The van der Waals surface area contributed by atoms with E-state index in [-0.39, 0.29) is 50.8 Å². The number of amides is 4. The van der Waals surface area contributed by atoms with Gasteiger partial charge in [-0.25, -0.2) is 9.59 Å². The highest BCUT2D eigenvalue weighted by Gasteiger charge is 2.42. The van der Waals surface area contributed by atoms with Crippen molar-refractivity contribution in [3.05, 3.63) is 71.8 Å². The lowest BCUT2D eigenvalue weighted by atomic mass is 9.84. The van der Waals surface area contributed by atoms with E-state index < -0.39 is 55.4 Å². The summed E-state index contributed by atoms with van der Waals surface area (Å²) in [6.45, 7) is 1.84. The minimum Gasteiger partial charge on any atom is -0.480 e. The number of hydrogen-bond acceptors (Lipinski definition) is 8. The molecule has 2 aromatic carbocycles. The third-order valence-electron chi connectivity index (χ3n) is 8.96. The van der Waals surface area contributed by atoms with Crippen LogP contribution in [0.25, 0.3) is 0 Å². The van der Waals surface area contributed by atoms with Crippen molar-refractivity contribution in [3.8, 4) is 0 Å². The average Bonchev–Trinajstić information content (AvgIpc) is 3.56. The first-order valence-corrected chi connectivity index (χ1v) is 18.7. The maximum atomic E-state index is 13.8. The number of hydrogen-bond donors (Lipinski definition) is 5. The van der Waals surface area contributed by atoms with Crippen molar-refractivity contribution in [1.82, 2.24) is 20.9 Å². The van der Waals surface area contributed by atoms with Crippen LogP contribution in [-0.4, -0.2) is 81.7 Å². The summed E-state index contributed by atoms with van der Waals surface area (Å²) in [5.41, 5.74) is 1.46. The molecule has 0 aromatic heterocycles. The van der Waals surface area contributed by atoms with E-state index in [9.17, 15) is 38.5 Å². The minimum absolute atomic E-state index is 0.124. The van der Waals surface area contributed by atoms with E-state index in [0.717, 1.165) is 16.9 Å². The number of carbonyl (C=O) groups is 5. The van der Waals surface area contributed by atoms with Gasteiger partial charge < -0.3 is 35.6 Å². The first-order valence-electron chi connectivity index (χ1n) is 17.1. The molecule has 4 amide bonds. The molecule has 272 valence electrons. The molecule has 0 bridgehead atoms. The van der Waals surface area contributed by atoms with Crippen LogP contribution in [0.3, 0.4) is 0 Å².